The van der Waals surface area contributed by atoms with E-state index in [1.54, 1.807) is 0 Å². The Hall–Kier alpha value is -1.25. The molecule has 0 radical (unpaired) electrons. The topological polar surface area (TPSA) is 12.0 Å². The summed E-state index contributed by atoms with van der Waals surface area (Å²) in [6, 6.07) is 10.5. The van der Waals surface area contributed by atoms with Crippen LogP contribution in [0.1, 0.15) is 19.8 Å². The zero-order valence-electron chi connectivity index (χ0n) is 12.1. The van der Waals surface area contributed by atoms with Crippen LogP contribution in [0.5, 0.6) is 0 Å². The maximum Gasteiger partial charge on any atom is 0.0151 e. The van der Waals surface area contributed by atoms with E-state index in [2.05, 4.69) is 67.4 Å². The Morgan fingerprint density at radius 2 is 1.95 bits per heavy atom. The van der Waals surface area contributed by atoms with E-state index in [0.29, 0.717) is 5.92 Å². The van der Waals surface area contributed by atoms with Gasteiger partial charge in [-0.15, -0.1) is 0 Å². The smallest absolute Gasteiger partial charge is 0.0151 e. The normalized spacial score (nSPS) is 17.6. The highest BCUT2D eigenvalue weighted by molar-refractivity contribution is 8.03. The Morgan fingerprint density at radius 3 is 2.60 bits per heavy atom. The summed E-state index contributed by atoms with van der Waals surface area (Å²) in [5.41, 5.74) is 1.29. The maximum atomic E-state index is 4.38. The summed E-state index contributed by atoms with van der Waals surface area (Å²) in [6.45, 7) is 8.64. The minimum absolute atomic E-state index is 0.615. The first-order valence-corrected chi connectivity index (χ1v) is 8.08. The molecule has 2 heteroatoms. The lowest BCUT2D eigenvalue weighted by Gasteiger charge is -2.25. The van der Waals surface area contributed by atoms with Crippen molar-refractivity contribution in [3.63, 3.8) is 0 Å². The number of piperidine rings is 1. The number of benzene rings is 1. The fraction of sp³-hybridized carbons (Fsp3) is 0.333. The first kappa shape index (κ1) is 15.1. The second kappa shape index (κ2) is 8.13. The molecular weight excluding hydrogens is 262 g/mol. The first-order valence-electron chi connectivity index (χ1n) is 7.27. The van der Waals surface area contributed by atoms with Gasteiger partial charge in [-0.05, 0) is 62.6 Å². The molecule has 2 rings (SSSR count). The maximum absolute atomic E-state index is 4.38. The molecule has 0 atom stereocenters. The van der Waals surface area contributed by atoms with Crippen LogP contribution >= 0.6 is 11.8 Å². The van der Waals surface area contributed by atoms with Crippen molar-refractivity contribution in [2.24, 2.45) is 5.92 Å². The van der Waals surface area contributed by atoms with Gasteiger partial charge in [0, 0.05) is 9.80 Å². The molecule has 0 unspecified atom stereocenters. The molecule has 0 saturated carbocycles. The lowest BCUT2D eigenvalue weighted by Crippen LogP contribution is -2.28. The second-order valence-corrected chi connectivity index (χ2v) is 6.14. The third kappa shape index (κ3) is 4.39. The minimum atomic E-state index is 0.615. The molecule has 0 aromatic heterocycles. The van der Waals surface area contributed by atoms with Gasteiger partial charge in [0.25, 0.3) is 0 Å². The molecule has 1 N–H and O–H groups in total. The molecule has 1 nitrogen and oxygen atoms in total. The molecule has 0 amide bonds. The summed E-state index contributed by atoms with van der Waals surface area (Å²) in [6.07, 6.45) is 8.77. The summed E-state index contributed by atoms with van der Waals surface area (Å²) in [7, 11) is 0. The first-order chi connectivity index (χ1) is 9.81. The molecule has 1 aliphatic heterocycles. The number of nitrogens with one attached hydrogen (secondary N) is 1. The van der Waals surface area contributed by atoms with Crippen LogP contribution in [0.3, 0.4) is 0 Å². The third-order valence-corrected chi connectivity index (χ3v) is 4.69. The zero-order chi connectivity index (χ0) is 14.2. The van der Waals surface area contributed by atoms with E-state index in [0.717, 1.165) is 13.1 Å². The predicted octanol–water partition coefficient (Wildman–Crippen LogP) is 4.79. The lowest BCUT2D eigenvalue weighted by molar-refractivity contribution is 0.425. The second-order valence-electron chi connectivity index (χ2n) is 5.02. The Morgan fingerprint density at radius 1 is 1.25 bits per heavy atom. The molecule has 0 aliphatic carbocycles. The number of thioether (sulfide) groups is 1. The molecule has 0 bridgehead atoms. The minimum Gasteiger partial charge on any atom is -0.317 e. The van der Waals surface area contributed by atoms with Gasteiger partial charge >= 0.3 is 0 Å². The van der Waals surface area contributed by atoms with Crippen LogP contribution in [0, 0.1) is 5.92 Å². The Bertz CT molecular complexity index is 481. The third-order valence-electron chi connectivity index (χ3n) is 3.56. The van der Waals surface area contributed by atoms with E-state index in [4.69, 9.17) is 0 Å². The summed E-state index contributed by atoms with van der Waals surface area (Å²) < 4.78 is 0. The average molecular weight is 285 g/mol. The molecule has 106 valence electrons. The average Bonchev–Trinajstić information content (AvgIpc) is 2.52. The van der Waals surface area contributed by atoms with E-state index >= 15 is 0 Å². The molecule has 0 spiro atoms. The molecule has 1 heterocycles. The van der Waals surface area contributed by atoms with E-state index in [9.17, 15) is 0 Å². The Balaban J connectivity index is 2.12. The van der Waals surface area contributed by atoms with Gasteiger partial charge in [0.2, 0.25) is 0 Å². The summed E-state index contributed by atoms with van der Waals surface area (Å²) >= 11 is 1.82. The number of hydrogen-bond donors (Lipinski definition) is 1. The highest BCUT2D eigenvalue weighted by Gasteiger charge is 2.19. The van der Waals surface area contributed by atoms with Gasteiger partial charge in [-0.2, -0.15) is 0 Å². The van der Waals surface area contributed by atoms with Crippen molar-refractivity contribution >= 4 is 11.8 Å². The fourth-order valence-corrected chi connectivity index (χ4v) is 3.37. The van der Waals surface area contributed by atoms with E-state index in [1.165, 1.54) is 28.2 Å². The summed E-state index contributed by atoms with van der Waals surface area (Å²) in [5, 5.41) is 3.42. The Labute approximate surface area is 126 Å². The van der Waals surface area contributed by atoms with Crippen molar-refractivity contribution in [3.05, 3.63) is 65.6 Å². The number of hydrogen-bond acceptors (Lipinski definition) is 2. The van der Waals surface area contributed by atoms with E-state index < -0.39 is 0 Å². The molecule has 1 fully saturated rings. The quantitative estimate of drug-likeness (QED) is 0.616. The SMILES string of the molecule is C=C(/C(=C\C=C/C)Sc1ccccc1)C1CCNCC1. The van der Waals surface area contributed by atoms with Crippen molar-refractivity contribution in [1.29, 1.82) is 0 Å². The lowest BCUT2D eigenvalue weighted by atomic mass is 9.90. The highest BCUT2D eigenvalue weighted by Crippen LogP contribution is 2.36. The summed E-state index contributed by atoms with van der Waals surface area (Å²) in [5.74, 6) is 0.615. The van der Waals surface area contributed by atoms with Gasteiger partial charge in [-0.1, -0.05) is 48.7 Å². The number of rotatable bonds is 5. The molecule has 1 aliphatic rings. The highest BCUT2D eigenvalue weighted by atomic mass is 32.2. The van der Waals surface area contributed by atoms with Gasteiger partial charge in [-0.3, -0.25) is 0 Å². The fourth-order valence-electron chi connectivity index (χ4n) is 2.38. The van der Waals surface area contributed by atoms with Crippen LogP contribution in [-0.2, 0) is 0 Å². The van der Waals surface area contributed by atoms with Gasteiger partial charge in [0.1, 0.15) is 0 Å². The molecule has 1 aromatic rings. The van der Waals surface area contributed by atoms with E-state index in [-0.39, 0.29) is 0 Å². The zero-order valence-corrected chi connectivity index (χ0v) is 13.0. The van der Waals surface area contributed by atoms with Gasteiger partial charge < -0.3 is 5.32 Å². The van der Waals surface area contributed by atoms with Crippen LogP contribution in [0.25, 0.3) is 0 Å². The van der Waals surface area contributed by atoms with Gasteiger partial charge in [-0.25, -0.2) is 0 Å². The van der Waals surface area contributed by atoms with Crippen molar-refractivity contribution < 1.29 is 0 Å². The van der Waals surface area contributed by atoms with Gasteiger partial charge in [0.15, 0.2) is 0 Å². The van der Waals surface area contributed by atoms with Crippen molar-refractivity contribution in [3.8, 4) is 0 Å². The van der Waals surface area contributed by atoms with Crippen LogP contribution in [0.15, 0.2) is 70.5 Å². The van der Waals surface area contributed by atoms with Crippen LogP contribution < -0.4 is 5.32 Å². The molecule has 1 saturated heterocycles. The predicted molar refractivity (Wildman–Crippen MR) is 89.9 cm³/mol. The molecule has 20 heavy (non-hydrogen) atoms. The molecule has 1 aromatic carbocycles. The Kier molecular flexibility index (Phi) is 6.16. The van der Waals surface area contributed by atoms with Crippen LogP contribution in [0.2, 0.25) is 0 Å². The molecular formula is C18H23NS. The monoisotopic (exact) mass is 285 g/mol. The van der Waals surface area contributed by atoms with Crippen LogP contribution in [0.4, 0.5) is 0 Å². The standard InChI is InChI=1S/C18H23NS/c1-3-4-10-18(20-17-8-6-5-7-9-17)15(2)16-11-13-19-14-12-16/h3-10,16,19H,2,11-14H2,1H3/b4-3-,18-10+. The van der Waals surface area contributed by atoms with Crippen molar-refractivity contribution in [1.82, 2.24) is 5.32 Å². The largest absolute Gasteiger partial charge is 0.317 e. The number of allylic oxidation sites excluding steroid dienone is 4. The summed E-state index contributed by atoms with van der Waals surface area (Å²) in [4.78, 5) is 2.57. The van der Waals surface area contributed by atoms with Gasteiger partial charge in [0.05, 0.1) is 0 Å². The van der Waals surface area contributed by atoms with Crippen molar-refractivity contribution in [2.45, 2.75) is 24.7 Å². The van der Waals surface area contributed by atoms with Crippen molar-refractivity contribution in [2.75, 3.05) is 13.1 Å². The van der Waals surface area contributed by atoms with E-state index in [1.807, 2.05) is 11.8 Å². The van der Waals surface area contributed by atoms with Crippen LogP contribution in [-0.4, -0.2) is 13.1 Å².